The maximum Gasteiger partial charge on any atom is 0.116 e. The standard InChI is InChI=1S/C28H26N2S3/c1-15(2)10-18-13-32-25-19(18)6-7-20-23-27(33-26(20)25)22(29-14-30-23)17-11-16-8-9-31-24(16)21(12-17)28(3,4)5/h6-9,11-15H,10H2,1-5H3. The first-order valence-electron chi connectivity index (χ1n) is 11.4. The number of rotatable bonds is 3. The van der Waals surface area contributed by atoms with Crippen molar-refractivity contribution in [2.75, 3.05) is 0 Å². The summed E-state index contributed by atoms with van der Waals surface area (Å²) >= 11 is 5.56. The van der Waals surface area contributed by atoms with Crippen LogP contribution in [0.5, 0.6) is 0 Å². The van der Waals surface area contributed by atoms with Gasteiger partial charge < -0.3 is 0 Å². The Hall–Kier alpha value is -2.34. The zero-order valence-electron chi connectivity index (χ0n) is 19.5. The number of thiophene rings is 3. The van der Waals surface area contributed by atoms with E-state index in [1.54, 1.807) is 6.33 Å². The van der Waals surface area contributed by atoms with Crippen LogP contribution in [0.2, 0.25) is 0 Å². The summed E-state index contributed by atoms with van der Waals surface area (Å²) in [6.45, 7) is 11.5. The Labute approximate surface area is 205 Å². The van der Waals surface area contributed by atoms with Crippen molar-refractivity contribution in [3.63, 3.8) is 0 Å². The highest BCUT2D eigenvalue weighted by Gasteiger charge is 2.22. The number of hydrogen-bond donors (Lipinski definition) is 0. The average molecular weight is 487 g/mol. The van der Waals surface area contributed by atoms with E-state index in [0.717, 1.165) is 17.6 Å². The predicted octanol–water partition coefficient (Wildman–Crippen LogP) is 9.44. The van der Waals surface area contributed by atoms with Gasteiger partial charge in [0.15, 0.2) is 0 Å². The van der Waals surface area contributed by atoms with Gasteiger partial charge in [-0.15, -0.1) is 34.0 Å². The lowest BCUT2D eigenvalue weighted by atomic mass is 9.85. The topological polar surface area (TPSA) is 25.8 Å². The van der Waals surface area contributed by atoms with Crippen LogP contribution in [0.25, 0.3) is 51.7 Å². The first-order chi connectivity index (χ1) is 15.8. The predicted molar refractivity (Wildman–Crippen MR) is 148 cm³/mol. The molecule has 6 aromatic rings. The van der Waals surface area contributed by atoms with Crippen molar-refractivity contribution in [2.45, 2.75) is 46.5 Å². The molecule has 0 amide bonds. The first kappa shape index (κ1) is 21.2. The van der Waals surface area contributed by atoms with Crippen molar-refractivity contribution in [1.82, 2.24) is 9.97 Å². The summed E-state index contributed by atoms with van der Waals surface area (Å²) in [5.74, 6) is 0.655. The third-order valence-corrected chi connectivity index (χ3v) is 9.67. The van der Waals surface area contributed by atoms with Gasteiger partial charge in [0.2, 0.25) is 0 Å². The summed E-state index contributed by atoms with van der Waals surface area (Å²) in [7, 11) is 0. The van der Waals surface area contributed by atoms with E-state index >= 15 is 0 Å². The molecule has 166 valence electrons. The van der Waals surface area contributed by atoms with Crippen LogP contribution in [0.1, 0.15) is 45.7 Å². The Balaban J connectivity index is 1.62. The van der Waals surface area contributed by atoms with Gasteiger partial charge in [0.1, 0.15) is 6.33 Å². The quantitative estimate of drug-likeness (QED) is 0.249. The molecule has 5 heteroatoms. The van der Waals surface area contributed by atoms with E-state index in [2.05, 4.69) is 75.7 Å². The maximum atomic E-state index is 4.82. The number of fused-ring (bicyclic) bond motifs is 6. The molecule has 4 aromatic heterocycles. The van der Waals surface area contributed by atoms with Crippen LogP contribution < -0.4 is 0 Å². The average Bonchev–Trinajstić information content (AvgIpc) is 3.48. The van der Waals surface area contributed by atoms with E-state index in [-0.39, 0.29) is 5.41 Å². The number of nitrogens with zero attached hydrogens (tertiary/aromatic N) is 2. The highest BCUT2D eigenvalue weighted by atomic mass is 32.1. The van der Waals surface area contributed by atoms with Gasteiger partial charge in [-0.3, -0.25) is 0 Å². The molecule has 0 fully saturated rings. The van der Waals surface area contributed by atoms with Crippen LogP contribution in [-0.2, 0) is 11.8 Å². The molecule has 0 aliphatic rings. The smallest absolute Gasteiger partial charge is 0.116 e. The van der Waals surface area contributed by atoms with E-state index in [1.165, 1.54) is 51.6 Å². The fourth-order valence-corrected chi connectivity index (χ4v) is 8.37. The molecule has 4 heterocycles. The van der Waals surface area contributed by atoms with E-state index in [4.69, 9.17) is 9.97 Å². The normalized spacial score (nSPS) is 12.8. The first-order valence-corrected chi connectivity index (χ1v) is 14.0. The molecule has 0 radical (unpaired) electrons. The van der Waals surface area contributed by atoms with E-state index in [1.807, 2.05) is 34.0 Å². The Bertz CT molecular complexity index is 1660. The zero-order chi connectivity index (χ0) is 22.9. The SMILES string of the molecule is CC(C)Cc1csc2c1ccc1c3ncnc(-c4cc(C(C)(C)C)c5sccc5c4)c3sc12. The molecule has 0 aliphatic carbocycles. The molecule has 0 atom stereocenters. The van der Waals surface area contributed by atoms with Gasteiger partial charge in [-0.2, -0.15) is 0 Å². The highest BCUT2D eigenvalue weighted by molar-refractivity contribution is 7.31. The minimum Gasteiger partial charge on any atom is -0.235 e. The Morgan fingerprint density at radius 2 is 1.70 bits per heavy atom. The minimum absolute atomic E-state index is 0.0708. The molecular weight excluding hydrogens is 461 g/mol. The molecular formula is C28H26N2S3. The molecule has 0 N–H and O–H groups in total. The van der Waals surface area contributed by atoms with E-state index in [9.17, 15) is 0 Å². The van der Waals surface area contributed by atoms with Crippen molar-refractivity contribution in [2.24, 2.45) is 5.92 Å². The summed E-state index contributed by atoms with van der Waals surface area (Å²) in [5.41, 5.74) is 6.23. The number of hydrogen-bond acceptors (Lipinski definition) is 5. The number of benzene rings is 2. The molecule has 0 bridgehead atoms. The molecule has 33 heavy (non-hydrogen) atoms. The van der Waals surface area contributed by atoms with Crippen molar-refractivity contribution in [3.8, 4) is 11.3 Å². The van der Waals surface area contributed by atoms with Gasteiger partial charge in [0.05, 0.1) is 25.3 Å². The minimum atomic E-state index is 0.0708. The van der Waals surface area contributed by atoms with Crippen LogP contribution >= 0.6 is 34.0 Å². The fraction of sp³-hybridized carbons (Fsp3) is 0.286. The summed E-state index contributed by atoms with van der Waals surface area (Å²) < 4.78 is 5.30. The second-order valence-electron chi connectivity index (χ2n) is 10.3. The van der Waals surface area contributed by atoms with Crippen LogP contribution in [0.15, 0.2) is 47.4 Å². The highest BCUT2D eigenvalue weighted by Crippen LogP contribution is 2.45. The summed E-state index contributed by atoms with van der Waals surface area (Å²) in [6.07, 6.45) is 2.86. The molecule has 2 aromatic carbocycles. The second-order valence-corrected chi connectivity index (χ2v) is 13.1. The molecule has 2 nitrogen and oxygen atoms in total. The summed E-state index contributed by atoms with van der Waals surface area (Å²) in [5, 5.41) is 8.49. The Morgan fingerprint density at radius 3 is 2.48 bits per heavy atom. The molecule has 0 saturated carbocycles. The third-order valence-electron chi connectivity index (χ3n) is 6.30. The largest absolute Gasteiger partial charge is 0.235 e. The van der Waals surface area contributed by atoms with Crippen LogP contribution in [0, 0.1) is 5.92 Å². The van der Waals surface area contributed by atoms with Crippen LogP contribution in [0.4, 0.5) is 0 Å². The van der Waals surface area contributed by atoms with Gasteiger partial charge in [-0.1, -0.05) is 46.8 Å². The van der Waals surface area contributed by atoms with Crippen LogP contribution in [0.3, 0.4) is 0 Å². The van der Waals surface area contributed by atoms with Gasteiger partial charge in [-0.25, -0.2) is 9.97 Å². The lowest BCUT2D eigenvalue weighted by molar-refractivity contribution is 0.597. The summed E-state index contributed by atoms with van der Waals surface area (Å²) in [6, 6.07) is 11.5. The van der Waals surface area contributed by atoms with Gasteiger partial charge in [0, 0.05) is 15.6 Å². The van der Waals surface area contributed by atoms with E-state index in [0.29, 0.717) is 5.92 Å². The van der Waals surface area contributed by atoms with Crippen molar-refractivity contribution >= 4 is 74.5 Å². The Morgan fingerprint density at radius 1 is 0.879 bits per heavy atom. The van der Waals surface area contributed by atoms with Gasteiger partial charge >= 0.3 is 0 Å². The van der Waals surface area contributed by atoms with E-state index < -0.39 is 0 Å². The van der Waals surface area contributed by atoms with Gasteiger partial charge in [0.25, 0.3) is 0 Å². The Kier molecular flexibility index (Phi) is 4.88. The van der Waals surface area contributed by atoms with Crippen molar-refractivity contribution in [3.05, 3.63) is 58.5 Å². The molecule has 6 rings (SSSR count). The lowest BCUT2D eigenvalue weighted by Gasteiger charge is -2.21. The van der Waals surface area contributed by atoms with Gasteiger partial charge in [-0.05, 0) is 68.6 Å². The zero-order valence-corrected chi connectivity index (χ0v) is 22.0. The monoisotopic (exact) mass is 486 g/mol. The molecule has 0 unspecified atom stereocenters. The van der Waals surface area contributed by atoms with Crippen molar-refractivity contribution in [1.29, 1.82) is 0 Å². The molecule has 0 spiro atoms. The molecule has 0 aliphatic heterocycles. The molecule has 0 saturated heterocycles. The summed E-state index contributed by atoms with van der Waals surface area (Å²) in [4.78, 5) is 9.56. The van der Waals surface area contributed by atoms with Crippen molar-refractivity contribution < 1.29 is 0 Å². The van der Waals surface area contributed by atoms with Crippen LogP contribution in [-0.4, -0.2) is 9.97 Å². The third kappa shape index (κ3) is 3.40. The fourth-order valence-electron chi connectivity index (χ4n) is 4.76. The lowest BCUT2D eigenvalue weighted by Crippen LogP contribution is -2.11. The second kappa shape index (κ2) is 7.59. The maximum absolute atomic E-state index is 4.82. The number of aromatic nitrogens is 2.